The van der Waals surface area contributed by atoms with Crippen LogP contribution in [0.1, 0.15) is 13.3 Å². The van der Waals surface area contributed by atoms with Crippen molar-refractivity contribution in [2.75, 3.05) is 32.4 Å². The van der Waals surface area contributed by atoms with E-state index in [0.29, 0.717) is 13.0 Å². The Kier molecular flexibility index (Phi) is 4.69. The quantitative estimate of drug-likeness (QED) is 0.710. The number of sulfonamides is 1. The zero-order valence-electron chi connectivity index (χ0n) is 10.5. The van der Waals surface area contributed by atoms with Gasteiger partial charge in [-0.2, -0.15) is 4.31 Å². The minimum absolute atomic E-state index is 0.0715. The van der Waals surface area contributed by atoms with Gasteiger partial charge in [0.15, 0.2) is 0 Å². The van der Waals surface area contributed by atoms with Crippen LogP contribution in [0.3, 0.4) is 0 Å². The van der Waals surface area contributed by atoms with Gasteiger partial charge in [-0.05, 0) is 6.42 Å². The second-order valence-electron chi connectivity index (χ2n) is 4.52. The van der Waals surface area contributed by atoms with Crippen molar-refractivity contribution in [3.63, 3.8) is 0 Å². The van der Waals surface area contributed by atoms with Gasteiger partial charge in [0.05, 0.1) is 18.2 Å². The highest BCUT2D eigenvalue weighted by atomic mass is 32.2. The SMILES string of the molecule is CC(CN(C)C(=O)CN1CCCS1(=O)=O)C(=O)O. The number of carboxylic acids is 1. The summed E-state index contributed by atoms with van der Waals surface area (Å²) in [4.78, 5) is 23.7. The third kappa shape index (κ3) is 3.67. The lowest BCUT2D eigenvalue weighted by Crippen LogP contribution is -2.41. The van der Waals surface area contributed by atoms with Crippen LogP contribution in [-0.4, -0.2) is 67.0 Å². The lowest BCUT2D eigenvalue weighted by Gasteiger charge is -2.22. The van der Waals surface area contributed by atoms with Gasteiger partial charge in [-0.25, -0.2) is 8.42 Å². The van der Waals surface area contributed by atoms with Crippen LogP contribution < -0.4 is 0 Å². The first kappa shape index (κ1) is 14.9. The molecule has 0 aromatic rings. The Hall–Kier alpha value is -1.15. The van der Waals surface area contributed by atoms with Crippen LogP contribution in [0, 0.1) is 5.92 Å². The number of carboxylic acid groups (broad SMARTS) is 1. The van der Waals surface area contributed by atoms with E-state index in [9.17, 15) is 18.0 Å². The van der Waals surface area contributed by atoms with Crippen molar-refractivity contribution >= 4 is 21.9 Å². The number of hydrogen-bond acceptors (Lipinski definition) is 4. The molecule has 0 aliphatic carbocycles. The average molecular weight is 278 g/mol. The van der Waals surface area contributed by atoms with E-state index in [1.165, 1.54) is 18.9 Å². The van der Waals surface area contributed by atoms with Crippen molar-refractivity contribution in [2.45, 2.75) is 13.3 Å². The highest BCUT2D eigenvalue weighted by molar-refractivity contribution is 7.89. The molecule has 1 unspecified atom stereocenters. The summed E-state index contributed by atoms with van der Waals surface area (Å²) in [6, 6.07) is 0. The van der Waals surface area contributed by atoms with E-state index >= 15 is 0 Å². The zero-order chi connectivity index (χ0) is 13.9. The summed E-state index contributed by atoms with van der Waals surface area (Å²) in [5.41, 5.74) is 0. The predicted molar refractivity (Wildman–Crippen MR) is 64.4 cm³/mol. The van der Waals surface area contributed by atoms with Gasteiger partial charge in [0, 0.05) is 20.1 Å². The minimum atomic E-state index is -3.29. The van der Waals surface area contributed by atoms with E-state index in [1.807, 2.05) is 0 Å². The van der Waals surface area contributed by atoms with Crippen molar-refractivity contribution in [3.05, 3.63) is 0 Å². The van der Waals surface area contributed by atoms with Crippen molar-refractivity contribution in [1.29, 1.82) is 0 Å². The molecule has 1 heterocycles. The van der Waals surface area contributed by atoms with E-state index in [0.717, 1.165) is 4.31 Å². The number of hydrogen-bond donors (Lipinski definition) is 1. The Balaban J connectivity index is 2.53. The Morgan fingerprint density at radius 3 is 2.50 bits per heavy atom. The molecule has 7 nitrogen and oxygen atoms in total. The second kappa shape index (κ2) is 5.66. The smallest absolute Gasteiger partial charge is 0.308 e. The number of rotatable bonds is 5. The standard InChI is InChI=1S/C10H18N2O5S/c1-8(10(14)15)6-11(2)9(13)7-12-4-3-5-18(12,16)17/h8H,3-7H2,1-2H3,(H,14,15). The molecule has 1 atom stereocenters. The molecule has 1 N–H and O–H groups in total. The van der Waals surface area contributed by atoms with E-state index in [-0.39, 0.29) is 24.7 Å². The molecule has 1 amide bonds. The summed E-state index contributed by atoms with van der Waals surface area (Å²) >= 11 is 0. The minimum Gasteiger partial charge on any atom is -0.481 e. The van der Waals surface area contributed by atoms with Gasteiger partial charge in [-0.1, -0.05) is 6.92 Å². The van der Waals surface area contributed by atoms with Crippen molar-refractivity contribution in [3.8, 4) is 0 Å². The lowest BCUT2D eigenvalue weighted by molar-refractivity contribution is -0.142. The Morgan fingerprint density at radius 2 is 2.06 bits per heavy atom. The Labute approximate surface area is 106 Å². The third-order valence-corrected chi connectivity index (χ3v) is 4.81. The molecule has 0 saturated carbocycles. The van der Waals surface area contributed by atoms with Crippen molar-refractivity contribution in [1.82, 2.24) is 9.21 Å². The molecule has 8 heteroatoms. The fraction of sp³-hybridized carbons (Fsp3) is 0.800. The maximum atomic E-state index is 11.8. The molecule has 0 aromatic carbocycles. The van der Waals surface area contributed by atoms with E-state index in [2.05, 4.69) is 0 Å². The summed E-state index contributed by atoms with van der Waals surface area (Å²) in [7, 11) is -1.81. The van der Waals surface area contributed by atoms with Gasteiger partial charge in [0.25, 0.3) is 0 Å². The maximum absolute atomic E-state index is 11.8. The molecule has 0 bridgehead atoms. The van der Waals surface area contributed by atoms with Crippen LogP contribution in [0.5, 0.6) is 0 Å². The van der Waals surface area contributed by atoms with Crippen LogP contribution in [0.15, 0.2) is 0 Å². The summed E-state index contributed by atoms with van der Waals surface area (Å²) in [6.07, 6.45) is 0.533. The van der Waals surface area contributed by atoms with Crippen LogP contribution >= 0.6 is 0 Å². The summed E-state index contributed by atoms with van der Waals surface area (Å²) in [5.74, 6) is -1.96. The molecule has 1 fully saturated rings. The molecule has 0 radical (unpaired) electrons. The van der Waals surface area contributed by atoms with Gasteiger partial charge in [0.2, 0.25) is 15.9 Å². The highest BCUT2D eigenvalue weighted by Gasteiger charge is 2.31. The first-order valence-electron chi connectivity index (χ1n) is 5.68. The third-order valence-electron chi connectivity index (χ3n) is 2.91. The van der Waals surface area contributed by atoms with Gasteiger partial charge in [0.1, 0.15) is 0 Å². The number of carbonyl (C=O) groups is 2. The molecular formula is C10H18N2O5S. The summed E-state index contributed by atoms with van der Waals surface area (Å²) in [5, 5.41) is 8.74. The first-order valence-corrected chi connectivity index (χ1v) is 7.29. The number of nitrogens with zero attached hydrogens (tertiary/aromatic N) is 2. The Morgan fingerprint density at radius 1 is 1.44 bits per heavy atom. The number of carbonyl (C=O) groups excluding carboxylic acids is 1. The first-order chi connectivity index (χ1) is 8.24. The fourth-order valence-electron chi connectivity index (χ4n) is 1.73. The van der Waals surface area contributed by atoms with Crippen LogP contribution in [-0.2, 0) is 19.6 Å². The van der Waals surface area contributed by atoms with Crippen molar-refractivity contribution < 1.29 is 23.1 Å². The molecular weight excluding hydrogens is 260 g/mol. The van der Waals surface area contributed by atoms with Gasteiger partial charge in [-0.15, -0.1) is 0 Å². The largest absolute Gasteiger partial charge is 0.481 e. The number of amides is 1. The normalized spacial score (nSPS) is 20.6. The van der Waals surface area contributed by atoms with Gasteiger partial charge >= 0.3 is 5.97 Å². The van der Waals surface area contributed by atoms with E-state index in [1.54, 1.807) is 0 Å². The molecule has 1 rings (SSSR count). The molecule has 1 aliphatic rings. The zero-order valence-corrected chi connectivity index (χ0v) is 11.3. The maximum Gasteiger partial charge on any atom is 0.308 e. The summed E-state index contributed by atoms with van der Waals surface area (Å²) < 4.78 is 24.2. The highest BCUT2D eigenvalue weighted by Crippen LogP contribution is 2.13. The van der Waals surface area contributed by atoms with Gasteiger partial charge < -0.3 is 10.0 Å². The monoisotopic (exact) mass is 278 g/mol. The molecule has 0 spiro atoms. The van der Waals surface area contributed by atoms with Crippen LogP contribution in [0.2, 0.25) is 0 Å². The van der Waals surface area contributed by atoms with Crippen LogP contribution in [0.4, 0.5) is 0 Å². The molecule has 18 heavy (non-hydrogen) atoms. The molecule has 1 saturated heterocycles. The van der Waals surface area contributed by atoms with Crippen LogP contribution in [0.25, 0.3) is 0 Å². The second-order valence-corrected chi connectivity index (χ2v) is 6.61. The lowest BCUT2D eigenvalue weighted by atomic mass is 10.2. The predicted octanol–water partition coefficient (Wildman–Crippen LogP) is -0.799. The average Bonchev–Trinajstić information content (AvgIpc) is 2.57. The van der Waals surface area contributed by atoms with E-state index in [4.69, 9.17) is 5.11 Å². The molecule has 1 aliphatic heterocycles. The Bertz CT molecular complexity index is 434. The van der Waals surface area contributed by atoms with Crippen molar-refractivity contribution in [2.24, 2.45) is 5.92 Å². The number of aliphatic carboxylic acids is 1. The van der Waals surface area contributed by atoms with E-state index < -0.39 is 21.9 Å². The number of likely N-dealkylation sites (N-methyl/N-ethyl adjacent to an activating group) is 1. The topological polar surface area (TPSA) is 95.0 Å². The van der Waals surface area contributed by atoms with Gasteiger partial charge in [-0.3, -0.25) is 9.59 Å². The molecule has 104 valence electrons. The summed E-state index contributed by atoms with van der Waals surface area (Å²) in [6.45, 7) is 1.72. The molecule has 0 aromatic heterocycles. The fourth-order valence-corrected chi connectivity index (χ4v) is 3.20.